The van der Waals surface area contributed by atoms with Crippen molar-refractivity contribution < 1.29 is 14.3 Å². The van der Waals surface area contributed by atoms with Crippen LogP contribution in [0.4, 0.5) is 11.4 Å². The summed E-state index contributed by atoms with van der Waals surface area (Å²) in [4.78, 5) is 24.8. The third-order valence-corrected chi connectivity index (χ3v) is 3.87. The molecule has 3 aromatic carbocycles. The van der Waals surface area contributed by atoms with Gasteiger partial charge in [0.15, 0.2) is 6.61 Å². The van der Waals surface area contributed by atoms with E-state index < -0.39 is 0 Å². The Labute approximate surface area is 158 Å². The van der Waals surface area contributed by atoms with Crippen molar-refractivity contribution in [3.8, 4) is 5.75 Å². The second-order valence-electron chi connectivity index (χ2n) is 6.02. The second-order valence-corrected chi connectivity index (χ2v) is 6.02. The molecule has 5 heteroatoms. The molecule has 3 aromatic rings. The average Bonchev–Trinajstić information content (AvgIpc) is 2.69. The van der Waals surface area contributed by atoms with Gasteiger partial charge in [-0.25, -0.2) is 0 Å². The summed E-state index contributed by atoms with van der Waals surface area (Å²) in [5, 5.41) is 5.55. The molecular formula is C22H20N2O3. The Morgan fingerprint density at radius 1 is 0.815 bits per heavy atom. The van der Waals surface area contributed by atoms with Crippen molar-refractivity contribution in [2.24, 2.45) is 0 Å². The Balaban J connectivity index is 1.63. The molecule has 0 heterocycles. The fourth-order valence-corrected chi connectivity index (χ4v) is 2.48. The van der Waals surface area contributed by atoms with Crippen LogP contribution in [0.3, 0.4) is 0 Å². The maximum absolute atomic E-state index is 12.5. The molecule has 0 unspecified atom stereocenters. The Bertz CT molecular complexity index is 922. The highest BCUT2D eigenvalue weighted by Crippen LogP contribution is 2.18. The van der Waals surface area contributed by atoms with Crippen LogP contribution in [0, 0.1) is 6.92 Å². The number of anilines is 2. The number of para-hydroxylation sites is 2. The Hall–Kier alpha value is -3.60. The van der Waals surface area contributed by atoms with Crippen molar-refractivity contribution in [2.45, 2.75) is 6.92 Å². The number of aryl methyl sites for hydroxylation is 1. The first-order valence-electron chi connectivity index (χ1n) is 8.56. The van der Waals surface area contributed by atoms with E-state index in [0.29, 0.717) is 22.7 Å². The fraction of sp³-hybridized carbons (Fsp3) is 0.0909. The first-order valence-corrected chi connectivity index (χ1v) is 8.56. The highest BCUT2D eigenvalue weighted by Gasteiger charge is 2.13. The number of carbonyl (C=O) groups is 2. The van der Waals surface area contributed by atoms with E-state index in [1.165, 1.54) is 0 Å². The van der Waals surface area contributed by atoms with Crippen LogP contribution in [0.1, 0.15) is 15.9 Å². The summed E-state index contributed by atoms with van der Waals surface area (Å²) in [6.07, 6.45) is 0. The highest BCUT2D eigenvalue weighted by molar-refractivity contribution is 6.10. The van der Waals surface area contributed by atoms with Crippen molar-refractivity contribution in [3.63, 3.8) is 0 Å². The van der Waals surface area contributed by atoms with Crippen molar-refractivity contribution >= 4 is 23.2 Å². The number of benzene rings is 3. The molecule has 0 aliphatic carbocycles. The van der Waals surface area contributed by atoms with Gasteiger partial charge in [-0.15, -0.1) is 0 Å². The van der Waals surface area contributed by atoms with E-state index in [1.807, 2.05) is 49.4 Å². The van der Waals surface area contributed by atoms with Crippen LogP contribution in [0.2, 0.25) is 0 Å². The normalized spacial score (nSPS) is 10.1. The third kappa shape index (κ3) is 5.19. The van der Waals surface area contributed by atoms with Crippen molar-refractivity contribution in [1.29, 1.82) is 0 Å². The van der Waals surface area contributed by atoms with Crippen molar-refractivity contribution in [3.05, 3.63) is 90.0 Å². The van der Waals surface area contributed by atoms with Crippen LogP contribution in [0.15, 0.2) is 78.9 Å². The molecule has 2 N–H and O–H groups in total. The van der Waals surface area contributed by atoms with Gasteiger partial charge < -0.3 is 15.4 Å². The van der Waals surface area contributed by atoms with E-state index in [0.717, 1.165) is 5.56 Å². The summed E-state index contributed by atoms with van der Waals surface area (Å²) in [5.74, 6) is -0.0158. The zero-order valence-electron chi connectivity index (χ0n) is 14.9. The number of hydrogen-bond donors (Lipinski definition) is 2. The van der Waals surface area contributed by atoms with Crippen LogP contribution < -0.4 is 15.4 Å². The van der Waals surface area contributed by atoms with Gasteiger partial charge in [0.05, 0.1) is 11.3 Å². The monoisotopic (exact) mass is 360 g/mol. The van der Waals surface area contributed by atoms with Gasteiger partial charge in [0.25, 0.3) is 11.8 Å². The van der Waals surface area contributed by atoms with E-state index in [4.69, 9.17) is 4.74 Å². The predicted molar refractivity (Wildman–Crippen MR) is 106 cm³/mol. The number of nitrogens with one attached hydrogen (secondary N) is 2. The molecule has 3 rings (SSSR count). The summed E-state index contributed by atoms with van der Waals surface area (Å²) in [6, 6.07) is 23.4. The predicted octanol–water partition coefficient (Wildman–Crippen LogP) is 4.26. The van der Waals surface area contributed by atoms with E-state index in [-0.39, 0.29) is 18.4 Å². The van der Waals surface area contributed by atoms with Crippen LogP contribution in [0.5, 0.6) is 5.75 Å². The first-order chi connectivity index (χ1) is 13.1. The topological polar surface area (TPSA) is 67.4 Å². The first kappa shape index (κ1) is 18.2. The molecule has 0 radical (unpaired) electrons. The molecule has 0 fully saturated rings. The molecule has 0 aliphatic rings. The molecule has 0 saturated carbocycles. The highest BCUT2D eigenvalue weighted by atomic mass is 16.5. The lowest BCUT2D eigenvalue weighted by Gasteiger charge is -2.12. The summed E-state index contributed by atoms with van der Waals surface area (Å²) in [7, 11) is 0. The SMILES string of the molecule is Cc1ccc(OCC(=O)Nc2ccccc2C(=O)Nc2ccccc2)cc1. The fourth-order valence-electron chi connectivity index (χ4n) is 2.48. The number of carbonyl (C=O) groups excluding carboxylic acids is 2. The van der Waals surface area contributed by atoms with Gasteiger partial charge in [0.2, 0.25) is 0 Å². The second kappa shape index (κ2) is 8.67. The van der Waals surface area contributed by atoms with E-state index >= 15 is 0 Å². The minimum Gasteiger partial charge on any atom is -0.484 e. The van der Waals surface area contributed by atoms with Gasteiger partial charge in [-0.1, -0.05) is 48.0 Å². The average molecular weight is 360 g/mol. The molecule has 0 bridgehead atoms. The van der Waals surface area contributed by atoms with Gasteiger partial charge in [-0.2, -0.15) is 0 Å². The van der Waals surface area contributed by atoms with Gasteiger partial charge in [0, 0.05) is 5.69 Å². The summed E-state index contributed by atoms with van der Waals surface area (Å²) in [5.41, 5.74) is 2.62. The molecule has 0 saturated heterocycles. The standard InChI is InChI=1S/C22H20N2O3/c1-16-11-13-18(14-12-16)27-15-21(25)24-20-10-6-5-9-19(20)22(26)23-17-7-3-2-4-8-17/h2-14H,15H2,1H3,(H,23,26)(H,24,25). The smallest absolute Gasteiger partial charge is 0.262 e. The molecule has 0 atom stereocenters. The van der Waals surface area contributed by atoms with Gasteiger partial charge in [0.1, 0.15) is 5.75 Å². The summed E-state index contributed by atoms with van der Waals surface area (Å²) >= 11 is 0. The number of amides is 2. The third-order valence-electron chi connectivity index (χ3n) is 3.87. The van der Waals surface area contributed by atoms with E-state index in [1.54, 1.807) is 36.4 Å². The van der Waals surface area contributed by atoms with Crippen LogP contribution >= 0.6 is 0 Å². The minimum absolute atomic E-state index is 0.141. The van der Waals surface area contributed by atoms with Crippen LogP contribution in [-0.2, 0) is 4.79 Å². The zero-order chi connectivity index (χ0) is 19.1. The molecule has 5 nitrogen and oxygen atoms in total. The van der Waals surface area contributed by atoms with Crippen molar-refractivity contribution in [2.75, 3.05) is 17.2 Å². The molecule has 2 amide bonds. The molecule has 0 aliphatic heterocycles. The maximum Gasteiger partial charge on any atom is 0.262 e. The number of ether oxygens (including phenoxy) is 1. The largest absolute Gasteiger partial charge is 0.484 e. The van der Waals surface area contributed by atoms with Crippen molar-refractivity contribution in [1.82, 2.24) is 0 Å². The number of rotatable bonds is 6. The lowest BCUT2D eigenvalue weighted by molar-refractivity contribution is -0.118. The maximum atomic E-state index is 12.5. The Kier molecular flexibility index (Phi) is 5.84. The van der Waals surface area contributed by atoms with Gasteiger partial charge >= 0.3 is 0 Å². The Morgan fingerprint density at radius 2 is 1.48 bits per heavy atom. The van der Waals surface area contributed by atoms with Gasteiger partial charge in [-0.05, 0) is 43.3 Å². The lowest BCUT2D eigenvalue weighted by Crippen LogP contribution is -2.22. The van der Waals surface area contributed by atoms with Gasteiger partial charge in [-0.3, -0.25) is 9.59 Å². The quantitative estimate of drug-likeness (QED) is 0.690. The summed E-state index contributed by atoms with van der Waals surface area (Å²) < 4.78 is 5.48. The van der Waals surface area contributed by atoms with Crippen LogP contribution in [0.25, 0.3) is 0 Å². The Morgan fingerprint density at radius 3 is 2.22 bits per heavy atom. The van der Waals surface area contributed by atoms with Crippen LogP contribution in [-0.4, -0.2) is 18.4 Å². The molecule has 136 valence electrons. The minimum atomic E-state index is -0.337. The molecule has 0 spiro atoms. The molecule has 0 aromatic heterocycles. The molecule has 27 heavy (non-hydrogen) atoms. The zero-order valence-corrected chi connectivity index (χ0v) is 14.9. The summed E-state index contributed by atoms with van der Waals surface area (Å²) in [6.45, 7) is 1.84. The van der Waals surface area contributed by atoms with E-state index in [2.05, 4.69) is 10.6 Å². The lowest BCUT2D eigenvalue weighted by atomic mass is 10.1. The van der Waals surface area contributed by atoms with E-state index in [9.17, 15) is 9.59 Å². The number of hydrogen-bond acceptors (Lipinski definition) is 3. The molecular weight excluding hydrogens is 340 g/mol.